The summed E-state index contributed by atoms with van der Waals surface area (Å²) in [6.07, 6.45) is 1.82. The normalized spacial score (nSPS) is 11.0. The second-order valence-corrected chi connectivity index (χ2v) is 4.48. The van der Waals surface area contributed by atoms with Gasteiger partial charge in [0.25, 0.3) is 0 Å². The molecule has 0 aliphatic rings. The highest BCUT2D eigenvalue weighted by atomic mass is 19.1. The summed E-state index contributed by atoms with van der Waals surface area (Å²) >= 11 is 0. The standard InChI is InChI=1S/C13H22FN3O/c1-10(2)18-8-7-17(4)13-12(14)11(9-15-3)5-6-16-13/h5-6,10,15H,7-9H2,1-4H3. The summed E-state index contributed by atoms with van der Waals surface area (Å²) < 4.78 is 19.6. The first kappa shape index (κ1) is 14.9. The number of hydrogen-bond acceptors (Lipinski definition) is 4. The van der Waals surface area contributed by atoms with Crippen LogP contribution in [0.5, 0.6) is 0 Å². The van der Waals surface area contributed by atoms with Crippen LogP contribution in [0.1, 0.15) is 19.4 Å². The highest BCUT2D eigenvalue weighted by Gasteiger charge is 2.12. The highest BCUT2D eigenvalue weighted by Crippen LogP contribution is 2.18. The average molecular weight is 255 g/mol. The van der Waals surface area contributed by atoms with Crippen molar-refractivity contribution in [2.24, 2.45) is 0 Å². The van der Waals surface area contributed by atoms with Crippen molar-refractivity contribution < 1.29 is 9.13 Å². The molecule has 0 radical (unpaired) electrons. The van der Waals surface area contributed by atoms with Gasteiger partial charge in [0.1, 0.15) is 0 Å². The first-order valence-electron chi connectivity index (χ1n) is 6.17. The molecule has 0 unspecified atom stereocenters. The van der Waals surface area contributed by atoms with E-state index in [0.29, 0.717) is 31.1 Å². The molecule has 0 aliphatic heterocycles. The molecule has 0 aromatic carbocycles. The van der Waals surface area contributed by atoms with Crippen LogP contribution in [0.15, 0.2) is 12.3 Å². The number of anilines is 1. The maximum Gasteiger partial charge on any atom is 0.170 e. The van der Waals surface area contributed by atoms with Crippen LogP contribution >= 0.6 is 0 Å². The quantitative estimate of drug-likeness (QED) is 0.806. The van der Waals surface area contributed by atoms with E-state index >= 15 is 0 Å². The van der Waals surface area contributed by atoms with E-state index in [2.05, 4.69) is 10.3 Å². The van der Waals surface area contributed by atoms with E-state index in [0.717, 1.165) is 0 Å². The Balaban J connectivity index is 2.67. The van der Waals surface area contributed by atoms with E-state index in [1.165, 1.54) is 0 Å². The summed E-state index contributed by atoms with van der Waals surface area (Å²) in [5, 5.41) is 2.94. The molecule has 0 saturated heterocycles. The van der Waals surface area contributed by atoms with Crippen molar-refractivity contribution in [2.45, 2.75) is 26.5 Å². The minimum Gasteiger partial charge on any atom is -0.377 e. The molecular weight excluding hydrogens is 233 g/mol. The van der Waals surface area contributed by atoms with Crippen LogP contribution in [0.25, 0.3) is 0 Å². The zero-order chi connectivity index (χ0) is 13.5. The lowest BCUT2D eigenvalue weighted by Crippen LogP contribution is -2.26. The lowest BCUT2D eigenvalue weighted by atomic mass is 10.2. The number of halogens is 1. The largest absolute Gasteiger partial charge is 0.377 e. The van der Waals surface area contributed by atoms with Crippen molar-refractivity contribution in [1.82, 2.24) is 10.3 Å². The average Bonchev–Trinajstić information content (AvgIpc) is 2.31. The highest BCUT2D eigenvalue weighted by molar-refractivity contribution is 5.42. The van der Waals surface area contributed by atoms with Crippen LogP contribution in [0.3, 0.4) is 0 Å². The second-order valence-electron chi connectivity index (χ2n) is 4.48. The maximum atomic E-state index is 14.1. The summed E-state index contributed by atoms with van der Waals surface area (Å²) in [6.45, 7) is 5.63. The number of pyridine rings is 1. The summed E-state index contributed by atoms with van der Waals surface area (Å²) in [7, 11) is 3.61. The second kappa shape index (κ2) is 7.28. The molecule has 0 fully saturated rings. The van der Waals surface area contributed by atoms with Gasteiger partial charge in [-0.05, 0) is 27.0 Å². The van der Waals surface area contributed by atoms with E-state index in [1.54, 1.807) is 24.2 Å². The molecule has 4 nitrogen and oxygen atoms in total. The molecule has 1 N–H and O–H groups in total. The zero-order valence-electron chi connectivity index (χ0n) is 11.5. The monoisotopic (exact) mass is 255 g/mol. The fraction of sp³-hybridized carbons (Fsp3) is 0.615. The van der Waals surface area contributed by atoms with E-state index in [4.69, 9.17) is 4.74 Å². The van der Waals surface area contributed by atoms with Crippen LogP contribution in [0.4, 0.5) is 10.2 Å². The first-order chi connectivity index (χ1) is 8.56. The predicted octanol–water partition coefficient (Wildman–Crippen LogP) is 1.80. The summed E-state index contributed by atoms with van der Waals surface area (Å²) in [6, 6.07) is 1.69. The lowest BCUT2D eigenvalue weighted by Gasteiger charge is -2.20. The third-order valence-electron chi connectivity index (χ3n) is 2.56. The molecule has 0 bridgehead atoms. The Kier molecular flexibility index (Phi) is 6.01. The molecule has 0 atom stereocenters. The van der Waals surface area contributed by atoms with Gasteiger partial charge in [-0.3, -0.25) is 0 Å². The van der Waals surface area contributed by atoms with E-state index < -0.39 is 0 Å². The minimum atomic E-state index is -0.265. The van der Waals surface area contributed by atoms with Crippen molar-refractivity contribution in [3.63, 3.8) is 0 Å². The number of likely N-dealkylation sites (N-methyl/N-ethyl adjacent to an activating group) is 1. The maximum absolute atomic E-state index is 14.1. The SMILES string of the molecule is CNCc1ccnc(N(C)CCOC(C)C)c1F. The number of rotatable bonds is 7. The van der Waals surface area contributed by atoms with Gasteiger partial charge in [0.05, 0.1) is 12.7 Å². The van der Waals surface area contributed by atoms with Crippen LogP contribution in [0.2, 0.25) is 0 Å². The van der Waals surface area contributed by atoms with Gasteiger partial charge in [0.2, 0.25) is 0 Å². The Hall–Kier alpha value is -1.20. The molecule has 102 valence electrons. The van der Waals surface area contributed by atoms with Crippen LogP contribution < -0.4 is 10.2 Å². The number of aromatic nitrogens is 1. The van der Waals surface area contributed by atoms with Crippen molar-refractivity contribution in [1.29, 1.82) is 0 Å². The number of ether oxygens (including phenoxy) is 1. The van der Waals surface area contributed by atoms with Crippen molar-refractivity contribution >= 4 is 5.82 Å². The molecule has 5 heteroatoms. The van der Waals surface area contributed by atoms with Gasteiger partial charge >= 0.3 is 0 Å². The summed E-state index contributed by atoms with van der Waals surface area (Å²) in [4.78, 5) is 5.86. The molecule has 1 rings (SSSR count). The van der Waals surface area contributed by atoms with E-state index in [9.17, 15) is 4.39 Å². The molecule has 0 amide bonds. The van der Waals surface area contributed by atoms with Gasteiger partial charge in [-0.2, -0.15) is 0 Å². The predicted molar refractivity (Wildman–Crippen MR) is 71.3 cm³/mol. The number of nitrogens with zero attached hydrogens (tertiary/aromatic N) is 2. The Bertz CT molecular complexity index is 371. The number of nitrogens with one attached hydrogen (secondary N) is 1. The van der Waals surface area contributed by atoms with Crippen LogP contribution in [-0.2, 0) is 11.3 Å². The summed E-state index contributed by atoms with van der Waals surface area (Å²) in [5.41, 5.74) is 0.624. The third kappa shape index (κ3) is 4.23. The molecular formula is C13H22FN3O. The Morgan fingerprint density at radius 3 is 2.83 bits per heavy atom. The summed E-state index contributed by atoms with van der Waals surface area (Å²) in [5.74, 6) is 0.106. The molecule has 0 spiro atoms. The van der Waals surface area contributed by atoms with Crippen LogP contribution in [-0.4, -0.2) is 38.3 Å². The molecule has 1 aromatic rings. The van der Waals surface area contributed by atoms with Gasteiger partial charge in [0, 0.05) is 31.9 Å². The zero-order valence-corrected chi connectivity index (χ0v) is 11.5. The van der Waals surface area contributed by atoms with Gasteiger partial charge < -0.3 is 15.0 Å². The smallest absolute Gasteiger partial charge is 0.170 e. The van der Waals surface area contributed by atoms with Gasteiger partial charge in [-0.25, -0.2) is 9.37 Å². The lowest BCUT2D eigenvalue weighted by molar-refractivity contribution is 0.0845. The minimum absolute atomic E-state index is 0.187. The first-order valence-corrected chi connectivity index (χ1v) is 6.17. The molecule has 1 heterocycles. The Morgan fingerprint density at radius 1 is 1.50 bits per heavy atom. The van der Waals surface area contributed by atoms with Gasteiger partial charge in [-0.15, -0.1) is 0 Å². The van der Waals surface area contributed by atoms with Gasteiger partial charge in [0.15, 0.2) is 11.6 Å². The fourth-order valence-corrected chi connectivity index (χ4v) is 1.60. The Morgan fingerprint density at radius 2 is 2.22 bits per heavy atom. The van der Waals surface area contributed by atoms with Gasteiger partial charge in [-0.1, -0.05) is 0 Å². The molecule has 0 aliphatic carbocycles. The number of hydrogen-bond donors (Lipinski definition) is 1. The Labute approximate surface area is 108 Å². The van der Waals surface area contributed by atoms with E-state index in [1.807, 2.05) is 20.9 Å². The van der Waals surface area contributed by atoms with Crippen molar-refractivity contribution in [3.8, 4) is 0 Å². The van der Waals surface area contributed by atoms with Crippen LogP contribution in [0, 0.1) is 5.82 Å². The molecule has 18 heavy (non-hydrogen) atoms. The molecule has 1 aromatic heterocycles. The van der Waals surface area contributed by atoms with Crippen molar-refractivity contribution in [3.05, 3.63) is 23.6 Å². The van der Waals surface area contributed by atoms with E-state index in [-0.39, 0.29) is 11.9 Å². The van der Waals surface area contributed by atoms with Crippen molar-refractivity contribution in [2.75, 3.05) is 32.1 Å². The third-order valence-corrected chi connectivity index (χ3v) is 2.56. The molecule has 0 saturated carbocycles. The topological polar surface area (TPSA) is 37.4 Å². The fourth-order valence-electron chi connectivity index (χ4n) is 1.60.